The maximum Gasteiger partial charge on any atom is 0.273 e. The van der Waals surface area contributed by atoms with Gasteiger partial charge < -0.3 is 15.0 Å². The van der Waals surface area contributed by atoms with E-state index in [1.807, 2.05) is 0 Å². The van der Waals surface area contributed by atoms with Crippen molar-refractivity contribution >= 4 is 43.2 Å². The van der Waals surface area contributed by atoms with Gasteiger partial charge in [-0.1, -0.05) is 15.9 Å². The van der Waals surface area contributed by atoms with Gasteiger partial charge in [-0.05, 0) is 42.5 Å². The van der Waals surface area contributed by atoms with Crippen LogP contribution < -0.4 is 14.8 Å². The highest BCUT2D eigenvalue weighted by Gasteiger charge is 2.21. The molecule has 3 N–H and O–H groups in total. The summed E-state index contributed by atoms with van der Waals surface area (Å²) in [6.07, 6.45) is 2.74. The lowest BCUT2D eigenvalue weighted by Gasteiger charge is -2.13. The molecule has 140 valence electrons. The molecule has 3 rings (SSSR count). The molecule has 0 saturated heterocycles. The second-order valence-electron chi connectivity index (χ2n) is 5.40. The highest BCUT2D eigenvalue weighted by molar-refractivity contribution is 9.10. The summed E-state index contributed by atoms with van der Waals surface area (Å²) in [6, 6.07) is 11.0. The van der Waals surface area contributed by atoms with Crippen LogP contribution in [0.5, 0.6) is 5.75 Å². The summed E-state index contributed by atoms with van der Waals surface area (Å²) in [7, 11) is -2.57. The Morgan fingerprint density at radius 1 is 1.15 bits per heavy atom. The third kappa shape index (κ3) is 4.47. The molecule has 3 aromatic rings. The van der Waals surface area contributed by atoms with Gasteiger partial charge >= 0.3 is 0 Å². The fourth-order valence-corrected chi connectivity index (χ4v) is 3.79. The Bertz CT molecular complexity index is 1050. The van der Waals surface area contributed by atoms with Crippen molar-refractivity contribution in [2.75, 3.05) is 17.1 Å². The molecular weight excluding hydrogens is 436 g/mol. The molecule has 0 radical (unpaired) electrons. The number of carbonyl (C=O) groups is 1. The molecule has 0 aliphatic heterocycles. The van der Waals surface area contributed by atoms with Crippen molar-refractivity contribution in [2.45, 2.75) is 4.90 Å². The highest BCUT2D eigenvalue weighted by Crippen LogP contribution is 2.29. The van der Waals surface area contributed by atoms with Crippen molar-refractivity contribution in [3.8, 4) is 5.75 Å². The third-order valence-corrected chi connectivity index (χ3v) is 5.48. The first-order valence-electron chi connectivity index (χ1n) is 7.65. The monoisotopic (exact) mass is 450 g/mol. The molecule has 1 aromatic heterocycles. The summed E-state index contributed by atoms with van der Waals surface area (Å²) in [5, 5.41) is 2.62. The minimum absolute atomic E-state index is 0.102. The Hall–Kier alpha value is -2.85. The van der Waals surface area contributed by atoms with Crippen LogP contribution in [0.15, 0.2) is 64.4 Å². The molecule has 2 aromatic carbocycles. The second-order valence-corrected chi connectivity index (χ2v) is 7.96. The first-order chi connectivity index (χ1) is 12.9. The predicted molar refractivity (Wildman–Crippen MR) is 104 cm³/mol. The highest BCUT2D eigenvalue weighted by atomic mass is 79.9. The van der Waals surface area contributed by atoms with Crippen LogP contribution in [-0.2, 0) is 10.0 Å². The van der Waals surface area contributed by atoms with E-state index in [1.54, 1.807) is 30.3 Å². The van der Waals surface area contributed by atoms with E-state index >= 15 is 0 Å². The smallest absolute Gasteiger partial charge is 0.273 e. The van der Waals surface area contributed by atoms with Crippen LogP contribution in [0.1, 0.15) is 10.5 Å². The number of anilines is 2. The van der Waals surface area contributed by atoms with Crippen molar-refractivity contribution in [3.63, 3.8) is 0 Å². The molecule has 0 aliphatic carbocycles. The Morgan fingerprint density at radius 2 is 1.85 bits per heavy atom. The van der Waals surface area contributed by atoms with E-state index in [0.717, 1.165) is 4.47 Å². The van der Waals surface area contributed by atoms with Crippen LogP contribution in [-0.4, -0.2) is 31.4 Å². The second kappa shape index (κ2) is 7.80. The van der Waals surface area contributed by atoms with Gasteiger partial charge in [-0.2, -0.15) is 0 Å². The quantitative estimate of drug-likeness (QED) is 0.533. The maximum absolute atomic E-state index is 12.8. The minimum Gasteiger partial charge on any atom is -0.495 e. The number of benzene rings is 2. The van der Waals surface area contributed by atoms with Gasteiger partial charge in [-0.25, -0.2) is 13.4 Å². The standard InChI is InChI=1S/C17H15BrN4O4S/c1-26-15-7-6-13(21-17(23)14-9-19-10-20-14)8-16(15)27(24,25)22-12-4-2-11(18)3-5-12/h2-10,22H,1H3,(H,19,20)(H,21,23). The lowest BCUT2D eigenvalue weighted by Crippen LogP contribution is -2.16. The number of aromatic amines is 1. The fraction of sp³-hybridized carbons (Fsp3) is 0.0588. The predicted octanol–water partition coefficient (Wildman–Crippen LogP) is 3.23. The van der Waals surface area contributed by atoms with Gasteiger partial charge in [0, 0.05) is 15.8 Å². The largest absolute Gasteiger partial charge is 0.495 e. The van der Waals surface area contributed by atoms with Gasteiger partial charge in [0.25, 0.3) is 15.9 Å². The number of rotatable bonds is 6. The molecule has 27 heavy (non-hydrogen) atoms. The number of H-pyrrole nitrogens is 1. The number of methoxy groups -OCH3 is 1. The average Bonchev–Trinajstić information content (AvgIpc) is 3.18. The number of nitrogens with one attached hydrogen (secondary N) is 3. The number of hydrogen-bond acceptors (Lipinski definition) is 5. The van der Waals surface area contributed by atoms with Crippen molar-refractivity contribution in [3.05, 3.63) is 65.2 Å². The normalized spacial score (nSPS) is 11.0. The van der Waals surface area contributed by atoms with Gasteiger partial charge in [0.15, 0.2) is 0 Å². The summed E-state index contributed by atoms with van der Waals surface area (Å²) in [5.74, 6) is -0.291. The number of carbonyl (C=O) groups excluding carboxylic acids is 1. The Morgan fingerprint density at radius 3 is 2.48 bits per heavy atom. The van der Waals surface area contributed by atoms with E-state index in [2.05, 4.69) is 35.9 Å². The van der Waals surface area contributed by atoms with Gasteiger partial charge in [0.05, 0.1) is 19.6 Å². The van der Waals surface area contributed by atoms with E-state index in [9.17, 15) is 13.2 Å². The van der Waals surface area contributed by atoms with Crippen molar-refractivity contribution in [2.24, 2.45) is 0 Å². The molecule has 1 amide bonds. The van der Waals surface area contributed by atoms with Crippen LogP contribution in [0.3, 0.4) is 0 Å². The first kappa shape index (κ1) is 18.9. The zero-order valence-corrected chi connectivity index (χ0v) is 16.5. The van der Waals surface area contributed by atoms with Crippen molar-refractivity contribution < 1.29 is 17.9 Å². The van der Waals surface area contributed by atoms with Crippen molar-refractivity contribution in [1.82, 2.24) is 9.97 Å². The minimum atomic E-state index is -3.94. The lowest BCUT2D eigenvalue weighted by molar-refractivity contribution is 0.102. The van der Waals surface area contributed by atoms with Gasteiger partial charge in [-0.3, -0.25) is 9.52 Å². The van der Waals surface area contributed by atoms with Crippen LogP contribution in [0.25, 0.3) is 0 Å². The SMILES string of the molecule is COc1ccc(NC(=O)c2cnc[nH]2)cc1S(=O)(=O)Nc1ccc(Br)cc1. The number of hydrogen-bond donors (Lipinski definition) is 3. The number of amides is 1. The zero-order valence-electron chi connectivity index (χ0n) is 14.1. The van der Waals surface area contributed by atoms with Crippen molar-refractivity contribution in [1.29, 1.82) is 0 Å². The summed E-state index contributed by atoms with van der Waals surface area (Å²) in [5.41, 5.74) is 0.946. The molecule has 1 heterocycles. The summed E-state index contributed by atoms with van der Waals surface area (Å²) in [4.78, 5) is 18.5. The zero-order chi connectivity index (χ0) is 19.4. The van der Waals surface area contributed by atoms with Crippen LogP contribution >= 0.6 is 15.9 Å². The van der Waals surface area contributed by atoms with Crippen LogP contribution in [0, 0.1) is 0 Å². The maximum atomic E-state index is 12.8. The number of aromatic nitrogens is 2. The molecule has 0 unspecified atom stereocenters. The molecular formula is C17H15BrN4O4S. The molecule has 0 saturated carbocycles. The molecule has 0 bridgehead atoms. The molecule has 10 heteroatoms. The number of sulfonamides is 1. The average molecular weight is 451 g/mol. The van der Waals surface area contributed by atoms with Crippen LogP contribution in [0.4, 0.5) is 11.4 Å². The number of halogens is 1. The Kier molecular flexibility index (Phi) is 5.47. The molecule has 0 aliphatic rings. The van der Waals surface area contributed by atoms with E-state index in [-0.39, 0.29) is 16.3 Å². The lowest BCUT2D eigenvalue weighted by atomic mass is 10.3. The van der Waals surface area contributed by atoms with E-state index in [0.29, 0.717) is 11.4 Å². The Balaban J connectivity index is 1.90. The van der Waals surface area contributed by atoms with E-state index in [4.69, 9.17) is 4.74 Å². The number of ether oxygens (including phenoxy) is 1. The van der Waals surface area contributed by atoms with Gasteiger partial charge in [0.1, 0.15) is 16.3 Å². The molecule has 0 fully saturated rings. The fourth-order valence-electron chi connectivity index (χ4n) is 2.27. The van der Waals surface area contributed by atoms with Gasteiger partial charge in [-0.15, -0.1) is 0 Å². The number of imidazole rings is 1. The summed E-state index contributed by atoms with van der Waals surface area (Å²) in [6.45, 7) is 0. The summed E-state index contributed by atoms with van der Waals surface area (Å²) < 4.78 is 34.1. The molecule has 0 spiro atoms. The molecule has 0 atom stereocenters. The molecule has 8 nitrogen and oxygen atoms in total. The number of nitrogens with zero attached hydrogens (tertiary/aromatic N) is 1. The first-order valence-corrected chi connectivity index (χ1v) is 9.93. The van der Waals surface area contributed by atoms with Crippen LogP contribution in [0.2, 0.25) is 0 Å². The Labute approximate surface area is 164 Å². The third-order valence-electron chi connectivity index (χ3n) is 3.55. The van der Waals surface area contributed by atoms with E-state index < -0.39 is 15.9 Å². The van der Waals surface area contributed by atoms with Gasteiger partial charge in [0.2, 0.25) is 0 Å². The topological polar surface area (TPSA) is 113 Å². The van der Waals surface area contributed by atoms with E-state index in [1.165, 1.54) is 31.8 Å². The summed E-state index contributed by atoms with van der Waals surface area (Å²) >= 11 is 3.30.